The number of carbonyl (C=O) groups excluding carboxylic acids is 1. The van der Waals surface area contributed by atoms with Crippen molar-refractivity contribution in [2.24, 2.45) is 11.8 Å². The molecule has 0 aromatic heterocycles. The molecule has 0 radical (unpaired) electrons. The maximum absolute atomic E-state index is 11.8. The fourth-order valence-corrected chi connectivity index (χ4v) is 2.28. The number of aliphatic hydroxyl groups is 1. The van der Waals surface area contributed by atoms with Crippen molar-refractivity contribution in [2.45, 2.75) is 33.3 Å². The minimum atomic E-state index is -0.509. The Bertz CT molecular complexity index is 454. The van der Waals surface area contributed by atoms with Crippen molar-refractivity contribution < 1.29 is 9.90 Å². The summed E-state index contributed by atoms with van der Waals surface area (Å²) in [6.45, 7) is 6.93. The van der Waals surface area contributed by atoms with Gasteiger partial charge in [0.1, 0.15) is 0 Å². The topological polar surface area (TPSA) is 49.3 Å². The maximum atomic E-state index is 11.8. The average molecular weight is 247 g/mol. The van der Waals surface area contributed by atoms with E-state index in [9.17, 15) is 9.90 Å². The third-order valence-electron chi connectivity index (χ3n) is 3.95. The highest BCUT2D eigenvalue weighted by Crippen LogP contribution is 2.29. The zero-order valence-electron chi connectivity index (χ0n) is 11.2. The molecule has 2 atom stereocenters. The summed E-state index contributed by atoms with van der Waals surface area (Å²) in [5.41, 5.74) is 2.63. The van der Waals surface area contributed by atoms with Gasteiger partial charge in [-0.05, 0) is 35.4 Å². The zero-order valence-corrected chi connectivity index (χ0v) is 11.2. The van der Waals surface area contributed by atoms with Crippen LogP contribution in [0.2, 0.25) is 0 Å². The molecule has 1 aliphatic heterocycles. The standard InChI is InChI=1S/C15H21NO2/c1-9(2)10(3)14(17)12-5-4-11-6-7-16-15(18)13(11)8-12/h4-5,8-10,14,17H,6-7H2,1-3H3,(H,16,18). The van der Waals surface area contributed by atoms with Gasteiger partial charge in [0.15, 0.2) is 0 Å². The molecule has 0 spiro atoms. The number of aliphatic hydroxyl groups excluding tert-OH is 1. The van der Waals surface area contributed by atoms with Gasteiger partial charge in [0, 0.05) is 12.1 Å². The second kappa shape index (κ2) is 5.11. The molecule has 98 valence electrons. The molecule has 0 bridgehead atoms. The SMILES string of the molecule is CC(C)C(C)C(O)c1ccc2c(c1)C(=O)NCC2. The number of amides is 1. The largest absolute Gasteiger partial charge is 0.388 e. The molecule has 1 aliphatic rings. The van der Waals surface area contributed by atoms with Crippen LogP contribution in [0, 0.1) is 11.8 Å². The first-order valence-corrected chi connectivity index (χ1v) is 6.59. The number of carbonyl (C=O) groups is 1. The molecular formula is C15H21NO2. The Labute approximate surface area is 108 Å². The van der Waals surface area contributed by atoms with Crippen LogP contribution in [0.5, 0.6) is 0 Å². The highest BCUT2D eigenvalue weighted by Gasteiger charge is 2.23. The van der Waals surface area contributed by atoms with E-state index in [-0.39, 0.29) is 11.8 Å². The Hall–Kier alpha value is -1.35. The van der Waals surface area contributed by atoms with E-state index in [1.165, 1.54) is 0 Å². The Balaban J connectivity index is 2.30. The smallest absolute Gasteiger partial charge is 0.251 e. The predicted octanol–water partition coefficient (Wildman–Crippen LogP) is 2.30. The van der Waals surface area contributed by atoms with Gasteiger partial charge >= 0.3 is 0 Å². The molecule has 1 aromatic carbocycles. The summed E-state index contributed by atoms with van der Waals surface area (Å²) in [4.78, 5) is 11.8. The van der Waals surface area contributed by atoms with Crippen LogP contribution < -0.4 is 5.32 Å². The lowest BCUT2D eigenvalue weighted by molar-refractivity contribution is 0.0911. The van der Waals surface area contributed by atoms with Gasteiger partial charge < -0.3 is 10.4 Å². The average Bonchev–Trinajstić information content (AvgIpc) is 2.37. The lowest BCUT2D eigenvalue weighted by Crippen LogP contribution is -2.32. The molecule has 1 aromatic rings. The molecule has 0 saturated heterocycles. The molecular weight excluding hydrogens is 226 g/mol. The number of benzene rings is 1. The Morgan fingerprint density at radius 2 is 2.00 bits per heavy atom. The third kappa shape index (κ3) is 2.41. The molecule has 2 rings (SSSR count). The van der Waals surface area contributed by atoms with Crippen molar-refractivity contribution in [3.63, 3.8) is 0 Å². The minimum Gasteiger partial charge on any atom is -0.388 e. The lowest BCUT2D eigenvalue weighted by Gasteiger charge is -2.24. The fourth-order valence-electron chi connectivity index (χ4n) is 2.28. The first kappa shape index (κ1) is 13.1. The molecule has 1 amide bonds. The van der Waals surface area contributed by atoms with E-state index in [1.807, 2.05) is 25.1 Å². The van der Waals surface area contributed by atoms with Crippen molar-refractivity contribution in [2.75, 3.05) is 6.54 Å². The van der Waals surface area contributed by atoms with Crippen LogP contribution in [0.1, 0.15) is 48.4 Å². The lowest BCUT2D eigenvalue weighted by atomic mass is 9.86. The zero-order chi connectivity index (χ0) is 13.3. The summed E-state index contributed by atoms with van der Waals surface area (Å²) in [6.07, 6.45) is 0.363. The normalized spacial score (nSPS) is 18.2. The summed E-state index contributed by atoms with van der Waals surface area (Å²) in [5, 5.41) is 13.2. The number of rotatable bonds is 3. The summed E-state index contributed by atoms with van der Waals surface area (Å²) in [6, 6.07) is 5.76. The molecule has 18 heavy (non-hydrogen) atoms. The van der Waals surface area contributed by atoms with E-state index in [4.69, 9.17) is 0 Å². The van der Waals surface area contributed by atoms with Crippen molar-refractivity contribution in [1.29, 1.82) is 0 Å². The second-order valence-electron chi connectivity index (χ2n) is 5.47. The van der Waals surface area contributed by atoms with Crippen LogP contribution in [0.25, 0.3) is 0 Å². The van der Waals surface area contributed by atoms with Crippen molar-refractivity contribution in [1.82, 2.24) is 5.32 Å². The van der Waals surface area contributed by atoms with Gasteiger partial charge in [-0.15, -0.1) is 0 Å². The van der Waals surface area contributed by atoms with E-state index in [0.717, 1.165) is 17.5 Å². The summed E-state index contributed by atoms with van der Waals surface area (Å²) in [5.74, 6) is 0.557. The highest BCUT2D eigenvalue weighted by atomic mass is 16.3. The van der Waals surface area contributed by atoms with Crippen LogP contribution in [0.3, 0.4) is 0 Å². The molecule has 0 fully saturated rings. The van der Waals surface area contributed by atoms with Crippen molar-refractivity contribution in [3.8, 4) is 0 Å². The van der Waals surface area contributed by atoms with E-state index in [0.29, 0.717) is 18.0 Å². The van der Waals surface area contributed by atoms with Crippen LogP contribution in [0.15, 0.2) is 18.2 Å². The van der Waals surface area contributed by atoms with E-state index < -0.39 is 6.10 Å². The second-order valence-corrected chi connectivity index (χ2v) is 5.47. The van der Waals surface area contributed by atoms with Gasteiger partial charge in [-0.2, -0.15) is 0 Å². The molecule has 3 heteroatoms. The van der Waals surface area contributed by atoms with Gasteiger partial charge in [-0.3, -0.25) is 4.79 Å². The molecule has 1 heterocycles. The summed E-state index contributed by atoms with van der Waals surface area (Å²) < 4.78 is 0. The predicted molar refractivity (Wildman–Crippen MR) is 71.4 cm³/mol. The summed E-state index contributed by atoms with van der Waals surface area (Å²) >= 11 is 0. The Morgan fingerprint density at radius 1 is 1.28 bits per heavy atom. The van der Waals surface area contributed by atoms with Crippen molar-refractivity contribution >= 4 is 5.91 Å². The third-order valence-corrected chi connectivity index (χ3v) is 3.95. The van der Waals surface area contributed by atoms with Crippen LogP contribution in [-0.2, 0) is 6.42 Å². The van der Waals surface area contributed by atoms with Gasteiger partial charge in [-0.25, -0.2) is 0 Å². The van der Waals surface area contributed by atoms with Crippen LogP contribution in [-0.4, -0.2) is 17.6 Å². The molecule has 2 unspecified atom stereocenters. The van der Waals surface area contributed by atoms with Crippen LogP contribution in [0.4, 0.5) is 0 Å². The molecule has 3 nitrogen and oxygen atoms in total. The Kier molecular flexibility index (Phi) is 3.71. The van der Waals surface area contributed by atoms with Gasteiger partial charge in [0.25, 0.3) is 5.91 Å². The quantitative estimate of drug-likeness (QED) is 0.861. The first-order chi connectivity index (χ1) is 8.50. The summed E-state index contributed by atoms with van der Waals surface area (Å²) in [7, 11) is 0. The van der Waals surface area contributed by atoms with E-state index in [1.54, 1.807) is 0 Å². The number of nitrogens with one attached hydrogen (secondary N) is 1. The molecule has 0 aliphatic carbocycles. The van der Waals surface area contributed by atoms with Crippen LogP contribution >= 0.6 is 0 Å². The van der Waals surface area contributed by atoms with Gasteiger partial charge in [0.2, 0.25) is 0 Å². The molecule has 0 saturated carbocycles. The fraction of sp³-hybridized carbons (Fsp3) is 0.533. The first-order valence-electron chi connectivity index (χ1n) is 6.59. The maximum Gasteiger partial charge on any atom is 0.251 e. The minimum absolute atomic E-state index is 0.0255. The monoisotopic (exact) mass is 247 g/mol. The number of fused-ring (bicyclic) bond motifs is 1. The van der Waals surface area contributed by atoms with E-state index in [2.05, 4.69) is 19.2 Å². The Morgan fingerprint density at radius 3 is 2.67 bits per heavy atom. The highest BCUT2D eigenvalue weighted by molar-refractivity contribution is 5.96. The number of hydrogen-bond donors (Lipinski definition) is 2. The van der Waals surface area contributed by atoms with Gasteiger partial charge in [0.05, 0.1) is 6.10 Å². The van der Waals surface area contributed by atoms with Gasteiger partial charge in [-0.1, -0.05) is 32.9 Å². The van der Waals surface area contributed by atoms with E-state index >= 15 is 0 Å². The number of hydrogen-bond acceptors (Lipinski definition) is 2. The molecule has 2 N–H and O–H groups in total. The van der Waals surface area contributed by atoms with Crippen molar-refractivity contribution in [3.05, 3.63) is 34.9 Å².